The first-order valence-corrected chi connectivity index (χ1v) is 8.95. The Kier molecular flexibility index (Phi) is 2.98. The normalized spacial score (nSPS) is 34.6. The number of hydrogen-bond donors (Lipinski definition) is 1. The molecule has 1 unspecified atom stereocenters. The van der Waals surface area contributed by atoms with Crippen LogP contribution in [0.25, 0.3) is 10.1 Å². The average molecular weight is 329 g/mol. The van der Waals surface area contributed by atoms with Crippen molar-refractivity contribution in [2.75, 3.05) is 19.6 Å². The van der Waals surface area contributed by atoms with E-state index in [1.807, 2.05) is 19.2 Å². The standard InChI is InChI=1S/C16H19N5OS/c1-10-12-8-17-14(6-13(12)23-20-10)18-15-7-16(22-19-15)9-21-4-2-11(16)3-5-21/h6,8,11H,2-5,7,9H2,1H3,(H,17,18,19). The Morgan fingerprint density at radius 3 is 3.09 bits per heavy atom. The number of fused-ring (bicyclic) bond motifs is 3. The molecule has 2 bridgehead atoms. The number of piperidine rings is 3. The van der Waals surface area contributed by atoms with Crippen LogP contribution in [-0.4, -0.2) is 45.3 Å². The van der Waals surface area contributed by atoms with E-state index >= 15 is 0 Å². The van der Waals surface area contributed by atoms with Crippen molar-refractivity contribution < 1.29 is 4.84 Å². The summed E-state index contributed by atoms with van der Waals surface area (Å²) in [6.45, 7) is 5.45. The lowest BCUT2D eigenvalue weighted by molar-refractivity contribution is -0.150. The molecule has 6 nitrogen and oxygen atoms in total. The fourth-order valence-corrected chi connectivity index (χ4v) is 4.95. The smallest absolute Gasteiger partial charge is 0.155 e. The summed E-state index contributed by atoms with van der Waals surface area (Å²) in [6.07, 6.45) is 5.20. The lowest BCUT2D eigenvalue weighted by Gasteiger charge is -2.49. The van der Waals surface area contributed by atoms with Gasteiger partial charge in [0.1, 0.15) is 11.4 Å². The van der Waals surface area contributed by atoms with Crippen LogP contribution >= 0.6 is 11.5 Å². The molecule has 0 aromatic carbocycles. The van der Waals surface area contributed by atoms with Gasteiger partial charge in [0.25, 0.3) is 0 Å². The maximum atomic E-state index is 6.03. The summed E-state index contributed by atoms with van der Waals surface area (Å²) < 4.78 is 5.50. The Balaban J connectivity index is 1.42. The van der Waals surface area contributed by atoms with Crippen LogP contribution in [0.15, 0.2) is 17.3 Å². The third-order valence-corrected chi connectivity index (χ3v) is 6.33. The summed E-state index contributed by atoms with van der Waals surface area (Å²) in [5.41, 5.74) is 4.02. The third-order valence-electron chi connectivity index (χ3n) is 5.43. The minimum atomic E-state index is -0.0828. The zero-order chi connectivity index (χ0) is 15.4. The molecule has 0 radical (unpaired) electrons. The quantitative estimate of drug-likeness (QED) is 0.870. The largest absolute Gasteiger partial charge is 0.300 e. The van der Waals surface area contributed by atoms with E-state index in [9.17, 15) is 0 Å². The van der Waals surface area contributed by atoms with Crippen LogP contribution in [0, 0.1) is 12.8 Å². The number of hydroxylamine groups is 1. The van der Waals surface area contributed by atoms with Gasteiger partial charge < -0.3 is 4.90 Å². The zero-order valence-corrected chi connectivity index (χ0v) is 13.9. The molecule has 1 atom stereocenters. The minimum Gasteiger partial charge on any atom is -0.300 e. The molecule has 1 N–H and O–H groups in total. The molecule has 2 aromatic rings. The highest BCUT2D eigenvalue weighted by atomic mass is 32.1. The summed E-state index contributed by atoms with van der Waals surface area (Å²) in [5, 5.41) is 1.11. The lowest BCUT2D eigenvalue weighted by Crippen LogP contribution is -2.59. The van der Waals surface area contributed by atoms with Gasteiger partial charge in [-0.15, -0.1) is 0 Å². The van der Waals surface area contributed by atoms with Gasteiger partial charge >= 0.3 is 0 Å². The molecule has 23 heavy (non-hydrogen) atoms. The Bertz CT molecular complexity index is 795. The first kappa shape index (κ1) is 13.8. The maximum Gasteiger partial charge on any atom is 0.155 e. The van der Waals surface area contributed by atoms with Crippen molar-refractivity contribution >= 4 is 33.3 Å². The second-order valence-electron chi connectivity index (χ2n) is 6.86. The van der Waals surface area contributed by atoms with E-state index in [2.05, 4.69) is 24.7 Å². The van der Waals surface area contributed by atoms with E-state index in [0.29, 0.717) is 5.92 Å². The van der Waals surface area contributed by atoms with Crippen LogP contribution < -0.4 is 5.48 Å². The van der Waals surface area contributed by atoms with Crippen molar-refractivity contribution in [2.45, 2.75) is 31.8 Å². The van der Waals surface area contributed by atoms with Gasteiger partial charge in [-0.3, -0.25) is 10.3 Å². The molecule has 6 rings (SSSR count). The molecule has 4 aliphatic heterocycles. The van der Waals surface area contributed by atoms with Gasteiger partial charge in [0, 0.05) is 30.6 Å². The number of nitrogens with zero attached hydrogens (tertiary/aromatic N) is 4. The monoisotopic (exact) mass is 329 g/mol. The average Bonchev–Trinajstić information content (AvgIpc) is 3.13. The number of hydrogen-bond acceptors (Lipinski definition) is 6. The number of nitrogens with one attached hydrogen (secondary N) is 1. The number of rotatable bonds is 1. The van der Waals surface area contributed by atoms with Gasteiger partial charge in [-0.2, -0.15) is 4.37 Å². The zero-order valence-electron chi connectivity index (χ0n) is 13.1. The van der Waals surface area contributed by atoms with Crippen molar-refractivity contribution in [1.29, 1.82) is 0 Å². The van der Waals surface area contributed by atoms with Crippen LogP contribution in [0.5, 0.6) is 0 Å². The number of pyridine rings is 1. The minimum absolute atomic E-state index is 0.0828. The molecule has 0 amide bonds. The summed E-state index contributed by atoms with van der Waals surface area (Å²) in [6, 6.07) is 2.01. The van der Waals surface area contributed by atoms with Gasteiger partial charge in [0.15, 0.2) is 5.82 Å². The van der Waals surface area contributed by atoms with Gasteiger partial charge in [-0.05, 0) is 50.3 Å². The summed E-state index contributed by atoms with van der Waals surface area (Å²) in [7, 11) is 0. The van der Waals surface area contributed by atoms with Crippen molar-refractivity contribution in [2.24, 2.45) is 10.9 Å². The fraction of sp³-hybridized carbons (Fsp3) is 0.562. The fourth-order valence-electron chi connectivity index (χ4n) is 4.16. The van der Waals surface area contributed by atoms with Gasteiger partial charge in [-0.1, -0.05) is 0 Å². The first-order valence-electron chi connectivity index (χ1n) is 8.18. The molecule has 0 aliphatic carbocycles. The maximum absolute atomic E-state index is 6.03. The Morgan fingerprint density at radius 2 is 2.30 bits per heavy atom. The molecule has 6 heterocycles. The predicted octanol–water partition coefficient (Wildman–Crippen LogP) is 2.42. The van der Waals surface area contributed by atoms with Crippen LogP contribution in [-0.2, 0) is 4.84 Å². The van der Waals surface area contributed by atoms with Crippen LogP contribution in [0.3, 0.4) is 0 Å². The Hall–Kier alpha value is -1.57. The van der Waals surface area contributed by atoms with Crippen molar-refractivity contribution in [3.05, 3.63) is 18.0 Å². The Labute approximate surface area is 138 Å². The second-order valence-corrected chi connectivity index (χ2v) is 7.67. The summed E-state index contributed by atoms with van der Waals surface area (Å²) >= 11 is 1.50. The van der Waals surface area contributed by atoms with E-state index in [1.165, 1.54) is 37.5 Å². The predicted molar refractivity (Wildman–Crippen MR) is 90.0 cm³/mol. The SMILES string of the molecule is Cc1nsc2cc(N=C3CC4(CN5CCC4CC5)ON3)ncc12. The highest BCUT2D eigenvalue weighted by Gasteiger charge is 2.52. The number of aromatic nitrogens is 2. The Morgan fingerprint density at radius 1 is 1.43 bits per heavy atom. The van der Waals surface area contributed by atoms with Crippen molar-refractivity contribution in [1.82, 2.24) is 19.7 Å². The van der Waals surface area contributed by atoms with E-state index in [1.54, 1.807) is 0 Å². The summed E-state index contributed by atoms with van der Waals surface area (Å²) in [4.78, 5) is 17.7. The molecule has 4 saturated heterocycles. The number of aliphatic imine (C=N–C) groups is 1. The van der Waals surface area contributed by atoms with Crippen LogP contribution in [0.4, 0.5) is 5.82 Å². The highest BCUT2D eigenvalue weighted by Crippen LogP contribution is 2.42. The second kappa shape index (κ2) is 4.96. The van der Waals surface area contributed by atoms with Gasteiger partial charge in [0.05, 0.1) is 10.4 Å². The van der Waals surface area contributed by atoms with Crippen molar-refractivity contribution in [3.8, 4) is 0 Å². The number of aryl methyl sites for hydroxylation is 1. The van der Waals surface area contributed by atoms with E-state index in [0.717, 1.165) is 40.4 Å². The molecule has 1 spiro atoms. The highest BCUT2D eigenvalue weighted by molar-refractivity contribution is 7.13. The van der Waals surface area contributed by atoms with Gasteiger partial charge in [-0.25, -0.2) is 9.98 Å². The lowest BCUT2D eigenvalue weighted by atomic mass is 9.74. The molecule has 2 aromatic heterocycles. The van der Waals surface area contributed by atoms with E-state index < -0.39 is 0 Å². The molecule has 120 valence electrons. The van der Waals surface area contributed by atoms with Crippen LogP contribution in [0.2, 0.25) is 0 Å². The van der Waals surface area contributed by atoms with Gasteiger partial charge in [0.2, 0.25) is 0 Å². The molecular formula is C16H19N5OS. The topological polar surface area (TPSA) is 62.6 Å². The van der Waals surface area contributed by atoms with Crippen LogP contribution in [0.1, 0.15) is 25.0 Å². The molecule has 4 fully saturated rings. The van der Waals surface area contributed by atoms with Crippen molar-refractivity contribution in [3.63, 3.8) is 0 Å². The number of amidine groups is 1. The molecule has 0 saturated carbocycles. The molecule has 7 heteroatoms. The molecular weight excluding hydrogens is 310 g/mol. The first-order chi connectivity index (χ1) is 11.2. The van der Waals surface area contributed by atoms with E-state index in [4.69, 9.17) is 4.84 Å². The molecule has 4 aliphatic rings. The summed E-state index contributed by atoms with van der Waals surface area (Å²) in [5.74, 6) is 2.27. The van der Waals surface area contributed by atoms with E-state index in [-0.39, 0.29) is 5.60 Å². The third kappa shape index (κ3) is 2.18.